The number of hydrogen-bond donors (Lipinski definition) is 2. The number of nitrogens with zero attached hydrogens (tertiary/aromatic N) is 2. The monoisotopic (exact) mass is 414 g/mol. The average Bonchev–Trinajstić information content (AvgIpc) is 3.25. The smallest absolute Gasteiger partial charge is 0.253 e. The lowest BCUT2D eigenvalue weighted by atomic mass is 10.1. The van der Waals surface area contributed by atoms with Gasteiger partial charge in [-0.2, -0.15) is 0 Å². The molecular formula is C25H26N4O2. The molecule has 1 fully saturated rings. The molecule has 0 aliphatic carbocycles. The maximum absolute atomic E-state index is 12.0. The van der Waals surface area contributed by atoms with E-state index in [4.69, 9.17) is 4.74 Å². The predicted octanol–water partition coefficient (Wildman–Crippen LogP) is 3.37. The summed E-state index contributed by atoms with van der Waals surface area (Å²) >= 11 is 0. The van der Waals surface area contributed by atoms with Crippen LogP contribution in [0.5, 0.6) is 0 Å². The van der Waals surface area contributed by atoms with Gasteiger partial charge in [-0.3, -0.25) is 14.7 Å². The van der Waals surface area contributed by atoms with Gasteiger partial charge in [0, 0.05) is 55.7 Å². The third kappa shape index (κ3) is 4.60. The molecule has 1 amide bonds. The number of aromatic amines is 1. The molecule has 158 valence electrons. The molecule has 2 aliphatic heterocycles. The van der Waals surface area contributed by atoms with E-state index in [1.54, 1.807) is 0 Å². The summed E-state index contributed by atoms with van der Waals surface area (Å²) < 4.78 is 5.44. The summed E-state index contributed by atoms with van der Waals surface area (Å²) in [6, 6.07) is 14.6. The summed E-state index contributed by atoms with van der Waals surface area (Å²) in [6.07, 6.45) is 6.78. The topological polar surface area (TPSA) is 70.2 Å². The van der Waals surface area contributed by atoms with Gasteiger partial charge in [0.05, 0.1) is 24.5 Å². The molecule has 31 heavy (non-hydrogen) atoms. The number of aromatic nitrogens is 2. The van der Waals surface area contributed by atoms with E-state index in [-0.39, 0.29) is 5.91 Å². The van der Waals surface area contributed by atoms with Crippen molar-refractivity contribution in [1.29, 1.82) is 0 Å². The minimum absolute atomic E-state index is 0.00473. The molecule has 0 unspecified atom stereocenters. The lowest BCUT2D eigenvalue weighted by Gasteiger charge is -2.26. The minimum Gasteiger partial charge on any atom is -0.379 e. The number of carbonyl (C=O) groups is 1. The predicted molar refractivity (Wildman–Crippen MR) is 122 cm³/mol. The fourth-order valence-corrected chi connectivity index (χ4v) is 4.15. The van der Waals surface area contributed by atoms with E-state index < -0.39 is 0 Å². The highest BCUT2D eigenvalue weighted by Gasteiger charge is 2.19. The second-order valence-corrected chi connectivity index (χ2v) is 8.02. The maximum atomic E-state index is 12.0. The van der Waals surface area contributed by atoms with E-state index >= 15 is 0 Å². The molecule has 0 spiro atoms. The molecule has 1 saturated heterocycles. The summed E-state index contributed by atoms with van der Waals surface area (Å²) in [5.41, 5.74) is 7.07. The molecule has 6 heteroatoms. The molecule has 2 aromatic heterocycles. The number of morpholine rings is 1. The Morgan fingerprint density at radius 1 is 1.10 bits per heavy atom. The molecular weight excluding hydrogens is 388 g/mol. The third-order valence-corrected chi connectivity index (χ3v) is 5.80. The first-order valence-electron chi connectivity index (χ1n) is 10.8. The number of ether oxygens (including phenoxy) is 1. The van der Waals surface area contributed by atoms with Crippen molar-refractivity contribution in [2.24, 2.45) is 0 Å². The Bertz CT molecular complexity index is 1110. The summed E-state index contributed by atoms with van der Waals surface area (Å²) in [4.78, 5) is 22.4. The Balaban J connectivity index is 1.32. The van der Waals surface area contributed by atoms with Crippen molar-refractivity contribution in [2.45, 2.75) is 13.0 Å². The van der Waals surface area contributed by atoms with Gasteiger partial charge in [0.2, 0.25) is 0 Å². The van der Waals surface area contributed by atoms with Crippen LogP contribution in [0.25, 0.3) is 23.4 Å². The van der Waals surface area contributed by atoms with Gasteiger partial charge in [-0.25, -0.2) is 0 Å². The number of carbonyl (C=O) groups excluding carboxylic acids is 1. The van der Waals surface area contributed by atoms with Crippen molar-refractivity contribution in [3.8, 4) is 11.3 Å². The Kier molecular flexibility index (Phi) is 5.65. The van der Waals surface area contributed by atoms with E-state index in [0.717, 1.165) is 73.0 Å². The second kappa shape index (κ2) is 8.88. The SMILES string of the molecule is O=C1NCCc2[nH]c(-c3ccnc(/C=C/c4cccc(CN5CCOCC5)c4)c3)cc21. The molecule has 2 aliphatic rings. The van der Waals surface area contributed by atoms with Crippen molar-refractivity contribution in [1.82, 2.24) is 20.2 Å². The number of rotatable bonds is 5. The van der Waals surface area contributed by atoms with Gasteiger partial charge < -0.3 is 15.0 Å². The Labute approximate surface area is 182 Å². The van der Waals surface area contributed by atoms with Crippen LogP contribution in [0.15, 0.2) is 48.7 Å². The Hall–Kier alpha value is -3.22. The summed E-state index contributed by atoms with van der Waals surface area (Å²) in [7, 11) is 0. The number of nitrogens with one attached hydrogen (secondary N) is 2. The van der Waals surface area contributed by atoms with Crippen molar-refractivity contribution < 1.29 is 9.53 Å². The normalized spacial score (nSPS) is 17.0. The van der Waals surface area contributed by atoms with Crippen LogP contribution < -0.4 is 5.32 Å². The fourth-order valence-electron chi connectivity index (χ4n) is 4.15. The van der Waals surface area contributed by atoms with E-state index in [2.05, 4.69) is 50.5 Å². The van der Waals surface area contributed by atoms with Crippen LogP contribution >= 0.6 is 0 Å². The number of pyridine rings is 1. The van der Waals surface area contributed by atoms with Crippen LogP contribution in [0.4, 0.5) is 0 Å². The maximum Gasteiger partial charge on any atom is 0.253 e. The highest BCUT2D eigenvalue weighted by Crippen LogP contribution is 2.24. The third-order valence-electron chi connectivity index (χ3n) is 5.80. The second-order valence-electron chi connectivity index (χ2n) is 8.02. The summed E-state index contributed by atoms with van der Waals surface area (Å²) in [6.45, 7) is 5.23. The van der Waals surface area contributed by atoms with Crippen molar-refractivity contribution in [3.05, 3.63) is 76.7 Å². The van der Waals surface area contributed by atoms with Crippen molar-refractivity contribution in [3.63, 3.8) is 0 Å². The largest absolute Gasteiger partial charge is 0.379 e. The first-order chi connectivity index (χ1) is 15.2. The van der Waals surface area contributed by atoms with E-state index in [1.165, 1.54) is 5.56 Å². The van der Waals surface area contributed by atoms with E-state index in [1.807, 2.05) is 30.5 Å². The lowest BCUT2D eigenvalue weighted by Crippen LogP contribution is -2.35. The highest BCUT2D eigenvalue weighted by molar-refractivity contribution is 5.97. The summed E-state index contributed by atoms with van der Waals surface area (Å²) in [5.74, 6) is -0.00473. The van der Waals surface area contributed by atoms with Gasteiger partial charge in [0.15, 0.2) is 0 Å². The minimum atomic E-state index is -0.00473. The molecule has 5 rings (SSSR count). The highest BCUT2D eigenvalue weighted by atomic mass is 16.5. The van der Waals surface area contributed by atoms with Gasteiger partial charge in [-0.15, -0.1) is 0 Å². The Morgan fingerprint density at radius 2 is 2.00 bits per heavy atom. The number of fused-ring (bicyclic) bond motifs is 1. The van der Waals surface area contributed by atoms with Gasteiger partial charge in [-0.05, 0) is 35.4 Å². The zero-order valence-corrected chi connectivity index (χ0v) is 17.4. The summed E-state index contributed by atoms with van der Waals surface area (Å²) in [5, 5.41) is 2.89. The molecule has 0 radical (unpaired) electrons. The zero-order chi connectivity index (χ0) is 21.0. The van der Waals surface area contributed by atoms with Gasteiger partial charge in [0.1, 0.15) is 0 Å². The van der Waals surface area contributed by atoms with Crippen LogP contribution in [-0.4, -0.2) is 53.6 Å². The first-order valence-corrected chi connectivity index (χ1v) is 10.8. The van der Waals surface area contributed by atoms with Crippen LogP contribution in [-0.2, 0) is 17.7 Å². The number of amides is 1. The molecule has 0 saturated carbocycles. The standard InChI is InChI=1S/C25H26N4O2/c30-25-22-16-24(28-23(22)7-9-27-25)20-6-8-26-21(15-20)5-4-18-2-1-3-19(14-18)17-29-10-12-31-13-11-29/h1-6,8,14-16,28H,7,9-13,17H2,(H,27,30)/b5-4+. The molecule has 1 aromatic carbocycles. The van der Waals surface area contributed by atoms with E-state index in [9.17, 15) is 4.79 Å². The zero-order valence-electron chi connectivity index (χ0n) is 17.4. The van der Waals surface area contributed by atoms with Crippen molar-refractivity contribution in [2.75, 3.05) is 32.8 Å². The van der Waals surface area contributed by atoms with Crippen LogP contribution in [0.1, 0.15) is 32.9 Å². The Morgan fingerprint density at radius 3 is 2.87 bits per heavy atom. The first kappa shape index (κ1) is 19.7. The molecule has 2 N–H and O–H groups in total. The molecule has 0 bridgehead atoms. The van der Waals surface area contributed by atoms with Gasteiger partial charge in [-0.1, -0.05) is 30.3 Å². The quantitative estimate of drug-likeness (QED) is 0.672. The van der Waals surface area contributed by atoms with Gasteiger partial charge in [0.25, 0.3) is 5.91 Å². The number of H-pyrrole nitrogens is 1. The molecule has 3 aromatic rings. The van der Waals surface area contributed by atoms with Crippen LogP contribution in [0.3, 0.4) is 0 Å². The van der Waals surface area contributed by atoms with Crippen LogP contribution in [0, 0.1) is 0 Å². The molecule has 4 heterocycles. The number of hydrogen-bond acceptors (Lipinski definition) is 4. The number of benzene rings is 1. The van der Waals surface area contributed by atoms with Crippen LogP contribution in [0.2, 0.25) is 0 Å². The average molecular weight is 415 g/mol. The molecule has 6 nitrogen and oxygen atoms in total. The van der Waals surface area contributed by atoms with Crippen molar-refractivity contribution >= 4 is 18.1 Å². The van der Waals surface area contributed by atoms with E-state index in [0.29, 0.717) is 6.54 Å². The molecule has 0 atom stereocenters. The fraction of sp³-hybridized carbons (Fsp3) is 0.280. The lowest BCUT2D eigenvalue weighted by molar-refractivity contribution is 0.0342. The van der Waals surface area contributed by atoms with Gasteiger partial charge >= 0.3 is 0 Å².